The van der Waals surface area contributed by atoms with Crippen LogP contribution in [0.1, 0.15) is 44.6 Å². The molecule has 1 fully saturated rings. The topological polar surface area (TPSA) is 16.1 Å². The molecule has 3 heteroatoms. The molecule has 0 N–H and O–H groups in total. The van der Waals surface area contributed by atoms with E-state index in [1.807, 2.05) is 6.07 Å². The van der Waals surface area contributed by atoms with Gasteiger partial charge in [-0.3, -0.25) is 4.90 Å². The summed E-state index contributed by atoms with van der Waals surface area (Å²) in [6.07, 6.45) is 8.60. The van der Waals surface area contributed by atoms with Crippen LogP contribution in [0.4, 0.5) is 0 Å². The molecule has 0 unspecified atom stereocenters. The van der Waals surface area contributed by atoms with Gasteiger partial charge in [-0.25, -0.2) is 4.98 Å². The summed E-state index contributed by atoms with van der Waals surface area (Å²) in [4.78, 5) is 6.50. The Morgan fingerprint density at radius 2 is 2.06 bits per heavy atom. The Kier molecular flexibility index (Phi) is 5.02. The fourth-order valence-corrected chi connectivity index (χ4v) is 3.15. The third-order valence-corrected chi connectivity index (χ3v) is 4.45. The standard InChI is InChI=1S/C15H23ClN2/c1-3-12-4-6-14(7-5-12)18(2)11-13-8-9-17-15(16)10-13/h8-10,12,14H,3-7,11H2,1-2H3. The first-order chi connectivity index (χ1) is 8.69. The molecule has 1 aromatic heterocycles. The zero-order valence-corrected chi connectivity index (χ0v) is 12.2. The maximum atomic E-state index is 5.92. The number of aromatic nitrogens is 1. The molecule has 1 heterocycles. The molecule has 0 amide bonds. The molecule has 0 saturated heterocycles. The highest BCUT2D eigenvalue weighted by atomic mass is 35.5. The second-order valence-corrected chi connectivity index (χ2v) is 5.87. The van der Waals surface area contributed by atoms with Gasteiger partial charge in [-0.05, 0) is 56.3 Å². The minimum Gasteiger partial charge on any atom is -0.299 e. The number of nitrogens with zero attached hydrogens (tertiary/aromatic N) is 2. The van der Waals surface area contributed by atoms with Crippen molar-refractivity contribution in [1.82, 2.24) is 9.88 Å². The van der Waals surface area contributed by atoms with Gasteiger partial charge >= 0.3 is 0 Å². The van der Waals surface area contributed by atoms with Crippen LogP contribution in [0.15, 0.2) is 18.3 Å². The minimum atomic E-state index is 0.593. The third-order valence-electron chi connectivity index (χ3n) is 4.24. The second-order valence-electron chi connectivity index (χ2n) is 5.48. The number of pyridine rings is 1. The fraction of sp³-hybridized carbons (Fsp3) is 0.667. The van der Waals surface area contributed by atoms with E-state index < -0.39 is 0 Å². The highest BCUT2D eigenvalue weighted by Crippen LogP contribution is 2.29. The molecule has 0 atom stereocenters. The van der Waals surface area contributed by atoms with Crippen LogP contribution in [-0.4, -0.2) is 23.0 Å². The van der Waals surface area contributed by atoms with Crippen LogP contribution >= 0.6 is 11.6 Å². The number of hydrogen-bond donors (Lipinski definition) is 0. The van der Waals surface area contributed by atoms with Gasteiger partial charge in [0.1, 0.15) is 5.15 Å². The zero-order chi connectivity index (χ0) is 13.0. The minimum absolute atomic E-state index is 0.593. The Morgan fingerprint density at radius 1 is 1.33 bits per heavy atom. The number of hydrogen-bond acceptors (Lipinski definition) is 2. The van der Waals surface area contributed by atoms with E-state index in [9.17, 15) is 0 Å². The molecule has 1 aromatic rings. The molecule has 18 heavy (non-hydrogen) atoms. The Bertz CT molecular complexity index is 373. The van der Waals surface area contributed by atoms with Gasteiger partial charge < -0.3 is 0 Å². The highest BCUT2D eigenvalue weighted by Gasteiger charge is 2.22. The summed E-state index contributed by atoms with van der Waals surface area (Å²) >= 11 is 5.92. The van der Waals surface area contributed by atoms with E-state index in [1.54, 1.807) is 6.20 Å². The summed E-state index contributed by atoms with van der Waals surface area (Å²) in [6, 6.07) is 4.76. The van der Waals surface area contributed by atoms with Gasteiger partial charge in [-0.2, -0.15) is 0 Å². The molecule has 2 rings (SSSR count). The Hall–Kier alpha value is -0.600. The van der Waals surface area contributed by atoms with Crippen molar-refractivity contribution in [3.63, 3.8) is 0 Å². The lowest BCUT2D eigenvalue weighted by atomic mass is 9.84. The zero-order valence-electron chi connectivity index (χ0n) is 11.4. The molecule has 100 valence electrons. The lowest BCUT2D eigenvalue weighted by Crippen LogP contribution is -2.34. The van der Waals surface area contributed by atoms with Gasteiger partial charge in [0.2, 0.25) is 0 Å². The largest absolute Gasteiger partial charge is 0.299 e. The first-order valence-corrected chi connectivity index (χ1v) is 7.37. The van der Waals surface area contributed by atoms with Gasteiger partial charge in [0.15, 0.2) is 0 Å². The van der Waals surface area contributed by atoms with Crippen LogP contribution in [-0.2, 0) is 6.54 Å². The Balaban J connectivity index is 1.87. The molecule has 0 aliphatic heterocycles. The van der Waals surface area contributed by atoms with Crippen LogP contribution in [0.2, 0.25) is 5.15 Å². The lowest BCUT2D eigenvalue weighted by molar-refractivity contribution is 0.157. The molecule has 0 bridgehead atoms. The van der Waals surface area contributed by atoms with E-state index in [4.69, 9.17) is 11.6 Å². The second kappa shape index (κ2) is 6.53. The molecular weight excluding hydrogens is 244 g/mol. The summed E-state index contributed by atoms with van der Waals surface area (Å²) in [6.45, 7) is 3.29. The quantitative estimate of drug-likeness (QED) is 0.762. The van der Waals surface area contributed by atoms with Gasteiger partial charge in [-0.1, -0.05) is 24.9 Å². The van der Waals surface area contributed by atoms with E-state index in [0.717, 1.165) is 18.5 Å². The predicted molar refractivity (Wildman–Crippen MR) is 76.8 cm³/mol. The van der Waals surface area contributed by atoms with E-state index in [0.29, 0.717) is 5.15 Å². The molecule has 1 aliphatic carbocycles. The van der Waals surface area contributed by atoms with Crippen molar-refractivity contribution in [2.45, 2.75) is 51.6 Å². The monoisotopic (exact) mass is 266 g/mol. The summed E-state index contributed by atoms with van der Waals surface area (Å²) in [5.74, 6) is 0.963. The van der Waals surface area contributed by atoms with Gasteiger partial charge in [0.25, 0.3) is 0 Å². The summed E-state index contributed by atoms with van der Waals surface area (Å²) in [5, 5.41) is 0.593. The van der Waals surface area contributed by atoms with Crippen molar-refractivity contribution in [2.24, 2.45) is 5.92 Å². The number of rotatable bonds is 4. The maximum absolute atomic E-state index is 5.92. The van der Waals surface area contributed by atoms with Crippen molar-refractivity contribution < 1.29 is 0 Å². The van der Waals surface area contributed by atoms with Crippen molar-refractivity contribution in [3.05, 3.63) is 29.0 Å². The highest BCUT2D eigenvalue weighted by molar-refractivity contribution is 6.29. The van der Waals surface area contributed by atoms with E-state index >= 15 is 0 Å². The van der Waals surface area contributed by atoms with Crippen molar-refractivity contribution in [2.75, 3.05) is 7.05 Å². The van der Waals surface area contributed by atoms with Gasteiger partial charge in [0.05, 0.1) is 0 Å². The Labute approximate surface area is 115 Å². The van der Waals surface area contributed by atoms with Crippen LogP contribution in [0.5, 0.6) is 0 Å². The average molecular weight is 267 g/mol. The predicted octanol–water partition coefficient (Wildman–Crippen LogP) is 4.14. The molecule has 0 aromatic carbocycles. The normalized spacial score (nSPS) is 24.4. The van der Waals surface area contributed by atoms with Crippen molar-refractivity contribution in [1.29, 1.82) is 0 Å². The summed E-state index contributed by atoms with van der Waals surface area (Å²) in [5.41, 5.74) is 1.26. The van der Waals surface area contributed by atoms with Crippen molar-refractivity contribution >= 4 is 11.6 Å². The molecule has 0 radical (unpaired) electrons. The first kappa shape index (κ1) is 13.8. The lowest BCUT2D eigenvalue weighted by Gasteiger charge is -2.34. The van der Waals surface area contributed by atoms with Crippen LogP contribution in [0, 0.1) is 5.92 Å². The third kappa shape index (κ3) is 3.69. The van der Waals surface area contributed by atoms with E-state index in [2.05, 4.69) is 29.9 Å². The molecule has 1 aliphatic rings. The van der Waals surface area contributed by atoms with Gasteiger partial charge in [-0.15, -0.1) is 0 Å². The van der Waals surface area contributed by atoms with Gasteiger partial charge in [0, 0.05) is 18.8 Å². The molecule has 0 spiro atoms. The van der Waals surface area contributed by atoms with Crippen molar-refractivity contribution in [3.8, 4) is 0 Å². The van der Waals surface area contributed by atoms with Crippen LogP contribution < -0.4 is 0 Å². The average Bonchev–Trinajstić information content (AvgIpc) is 2.39. The smallest absolute Gasteiger partial charge is 0.129 e. The maximum Gasteiger partial charge on any atom is 0.129 e. The van der Waals surface area contributed by atoms with E-state index in [-0.39, 0.29) is 0 Å². The summed E-state index contributed by atoms with van der Waals surface area (Å²) in [7, 11) is 2.23. The molecule has 1 saturated carbocycles. The van der Waals surface area contributed by atoms with E-state index in [1.165, 1.54) is 37.7 Å². The summed E-state index contributed by atoms with van der Waals surface area (Å²) < 4.78 is 0. The Morgan fingerprint density at radius 3 is 2.67 bits per heavy atom. The van der Waals surface area contributed by atoms with Crippen LogP contribution in [0.25, 0.3) is 0 Å². The molecular formula is C15H23ClN2. The molecule has 2 nitrogen and oxygen atoms in total. The first-order valence-electron chi connectivity index (χ1n) is 6.99. The number of halogens is 1. The fourth-order valence-electron chi connectivity index (χ4n) is 2.95. The SMILES string of the molecule is CCC1CCC(N(C)Cc2ccnc(Cl)c2)CC1. The van der Waals surface area contributed by atoms with Crippen LogP contribution in [0.3, 0.4) is 0 Å².